The van der Waals surface area contributed by atoms with Crippen LogP contribution in [0.2, 0.25) is 0 Å². The maximum absolute atomic E-state index is 13.0. The Bertz CT molecular complexity index is 1200. The van der Waals surface area contributed by atoms with Gasteiger partial charge in [-0.3, -0.25) is 4.79 Å². The van der Waals surface area contributed by atoms with Gasteiger partial charge in [-0.25, -0.2) is 13.2 Å². The summed E-state index contributed by atoms with van der Waals surface area (Å²) in [6, 6.07) is 6.46. The van der Waals surface area contributed by atoms with Crippen molar-refractivity contribution in [1.29, 1.82) is 0 Å². The Labute approximate surface area is 211 Å². The van der Waals surface area contributed by atoms with Crippen molar-refractivity contribution in [2.24, 2.45) is 5.92 Å². The van der Waals surface area contributed by atoms with Crippen molar-refractivity contribution in [3.8, 4) is 0 Å². The van der Waals surface area contributed by atoms with Gasteiger partial charge in [0.15, 0.2) is 0 Å². The number of amides is 1. The molecular formula is C25H34N3O5S2+. The van der Waals surface area contributed by atoms with Crippen LogP contribution in [0, 0.1) is 5.92 Å². The molecule has 4 rings (SSSR count). The first kappa shape index (κ1) is 25.8. The lowest BCUT2D eigenvalue weighted by atomic mass is 10.0. The van der Waals surface area contributed by atoms with Crippen LogP contribution in [0.3, 0.4) is 0 Å². The van der Waals surface area contributed by atoms with E-state index in [0.29, 0.717) is 41.2 Å². The van der Waals surface area contributed by atoms with E-state index in [0.717, 1.165) is 42.8 Å². The highest BCUT2D eigenvalue weighted by Crippen LogP contribution is 2.35. The van der Waals surface area contributed by atoms with Crippen molar-refractivity contribution >= 4 is 38.2 Å². The molecule has 2 aromatic rings. The quantitative estimate of drug-likeness (QED) is 0.571. The minimum Gasteiger partial charge on any atom is -0.465 e. The van der Waals surface area contributed by atoms with Gasteiger partial charge in [0.25, 0.3) is 5.91 Å². The minimum atomic E-state index is -3.59. The van der Waals surface area contributed by atoms with Crippen molar-refractivity contribution in [3.63, 3.8) is 0 Å². The zero-order chi connectivity index (χ0) is 25.3. The van der Waals surface area contributed by atoms with Crippen molar-refractivity contribution in [2.45, 2.75) is 57.5 Å². The first-order valence-electron chi connectivity index (χ1n) is 12.1. The minimum absolute atomic E-state index is 0.182. The molecule has 10 heteroatoms. The molecule has 1 saturated heterocycles. The molecule has 1 fully saturated rings. The number of fused-ring (bicyclic) bond motifs is 1. The van der Waals surface area contributed by atoms with Gasteiger partial charge in [-0.1, -0.05) is 6.92 Å². The third-order valence-corrected chi connectivity index (χ3v) is 10.0. The molecule has 2 aliphatic rings. The van der Waals surface area contributed by atoms with Crippen molar-refractivity contribution in [1.82, 2.24) is 4.31 Å². The summed E-state index contributed by atoms with van der Waals surface area (Å²) in [6.45, 7) is 9.16. The standard InChI is InChI=1S/C25H33N3O5S2/c1-16(2)27-13-11-20-21(15-27)34-24(22(20)25(30)33-4)26-23(29)18-7-9-19(10-8-18)35(31,32)28-12-5-6-17(3)14-28/h7-10,16-17H,5-6,11-15H2,1-4H3,(H,26,29)/p+1. The molecule has 1 aromatic heterocycles. The summed E-state index contributed by atoms with van der Waals surface area (Å²) in [5.74, 6) is -0.515. The number of benzene rings is 1. The van der Waals surface area contributed by atoms with Crippen LogP contribution >= 0.6 is 11.3 Å². The Morgan fingerprint density at radius 3 is 2.57 bits per heavy atom. The van der Waals surface area contributed by atoms with Crippen LogP contribution in [-0.4, -0.2) is 57.4 Å². The highest BCUT2D eigenvalue weighted by Gasteiger charge is 2.32. The summed E-state index contributed by atoms with van der Waals surface area (Å²) in [4.78, 5) is 28.3. The van der Waals surface area contributed by atoms with Crippen molar-refractivity contribution < 1.29 is 27.6 Å². The Morgan fingerprint density at radius 2 is 1.94 bits per heavy atom. The smallest absolute Gasteiger partial charge is 0.341 e. The van der Waals surface area contributed by atoms with Gasteiger partial charge in [0, 0.05) is 25.1 Å². The molecule has 35 heavy (non-hydrogen) atoms. The number of carbonyl (C=O) groups is 2. The fraction of sp³-hybridized carbons (Fsp3) is 0.520. The second kappa shape index (κ2) is 10.4. The van der Waals surface area contributed by atoms with E-state index in [-0.39, 0.29) is 4.90 Å². The molecule has 0 spiro atoms. The number of quaternary nitrogens is 1. The lowest BCUT2D eigenvalue weighted by molar-refractivity contribution is -0.936. The van der Waals surface area contributed by atoms with Gasteiger partial charge < -0.3 is 15.0 Å². The second-order valence-corrected chi connectivity index (χ2v) is 12.8. The van der Waals surface area contributed by atoms with Gasteiger partial charge in [0.2, 0.25) is 10.0 Å². The molecule has 1 aromatic carbocycles. The number of anilines is 1. The molecule has 0 saturated carbocycles. The van der Waals surface area contributed by atoms with Crippen LogP contribution in [0.4, 0.5) is 5.00 Å². The normalized spacial score (nSPS) is 20.9. The summed E-state index contributed by atoms with van der Waals surface area (Å²) in [5.41, 5.74) is 1.72. The summed E-state index contributed by atoms with van der Waals surface area (Å²) < 4.78 is 32.6. The Balaban J connectivity index is 1.55. The lowest BCUT2D eigenvalue weighted by Crippen LogP contribution is -3.14. The number of hydrogen-bond acceptors (Lipinski definition) is 6. The maximum Gasteiger partial charge on any atom is 0.341 e. The van der Waals surface area contributed by atoms with Crippen LogP contribution < -0.4 is 10.2 Å². The zero-order valence-corrected chi connectivity index (χ0v) is 22.4. The topological polar surface area (TPSA) is 97.2 Å². The molecule has 0 aliphatic carbocycles. The number of nitrogens with one attached hydrogen (secondary N) is 2. The predicted molar refractivity (Wildman–Crippen MR) is 136 cm³/mol. The summed E-state index contributed by atoms with van der Waals surface area (Å²) in [5, 5.41) is 3.36. The van der Waals surface area contributed by atoms with Crippen LogP contribution in [0.25, 0.3) is 0 Å². The molecule has 0 bridgehead atoms. The van der Waals surface area contributed by atoms with Crippen LogP contribution in [-0.2, 0) is 27.7 Å². The number of methoxy groups -OCH3 is 1. The Hall–Kier alpha value is -2.27. The lowest BCUT2D eigenvalue weighted by Gasteiger charge is -2.30. The van der Waals surface area contributed by atoms with E-state index in [1.54, 1.807) is 0 Å². The zero-order valence-electron chi connectivity index (χ0n) is 20.7. The number of esters is 1. The third kappa shape index (κ3) is 5.30. The average Bonchev–Trinajstić information content (AvgIpc) is 3.20. The number of nitrogens with zero attached hydrogens (tertiary/aromatic N) is 1. The number of sulfonamides is 1. The molecule has 190 valence electrons. The molecule has 2 N–H and O–H groups in total. The van der Waals surface area contributed by atoms with Crippen molar-refractivity contribution in [2.75, 3.05) is 32.1 Å². The largest absolute Gasteiger partial charge is 0.465 e. The maximum atomic E-state index is 13.0. The number of carbonyl (C=O) groups excluding carboxylic acids is 2. The number of thiophene rings is 1. The van der Waals surface area contributed by atoms with Gasteiger partial charge in [0.1, 0.15) is 11.5 Å². The van der Waals surface area contributed by atoms with Gasteiger partial charge >= 0.3 is 5.97 Å². The summed E-state index contributed by atoms with van der Waals surface area (Å²) in [6.07, 6.45) is 2.63. The van der Waals surface area contributed by atoms with Gasteiger partial charge in [-0.05, 0) is 62.4 Å². The molecular weight excluding hydrogens is 486 g/mol. The number of ether oxygens (including phenoxy) is 1. The third-order valence-electron chi connectivity index (χ3n) is 6.98. The van der Waals surface area contributed by atoms with E-state index in [1.165, 1.54) is 51.9 Å². The van der Waals surface area contributed by atoms with Crippen LogP contribution in [0.15, 0.2) is 29.2 Å². The summed E-state index contributed by atoms with van der Waals surface area (Å²) in [7, 11) is -2.25. The summed E-state index contributed by atoms with van der Waals surface area (Å²) >= 11 is 1.42. The molecule has 2 aliphatic heterocycles. The van der Waals surface area contributed by atoms with E-state index >= 15 is 0 Å². The molecule has 8 nitrogen and oxygen atoms in total. The van der Waals surface area contributed by atoms with Crippen LogP contribution in [0.5, 0.6) is 0 Å². The van der Waals surface area contributed by atoms with Gasteiger partial charge in [-0.2, -0.15) is 4.31 Å². The highest BCUT2D eigenvalue weighted by atomic mass is 32.2. The SMILES string of the molecule is COC(=O)c1c(NC(=O)c2ccc(S(=O)(=O)N3CCCC(C)C3)cc2)sc2c1CC[NH+](C(C)C)C2. The first-order chi connectivity index (χ1) is 16.6. The number of piperidine rings is 1. The monoisotopic (exact) mass is 520 g/mol. The predicted octanol–water partition coefficient (Wildman–Crippen LogP) is 2.56. The van der Waals surface area contributed by atoms with E-state index < -0.39 is 21.9 Å². The molecule has 3 heterocycles. The van der Waals surface area contributed by atoms with E-state index in [4.69, 9.17) is 4.74 Å². The Kier molecular flexibility index (Phi) is 7.65. The molecule has 0 radical (unpaired) electrons. The van der Waals surface area contributed by atoms with E-state index in [9.17, 15) is 18.0 Å². The molecule has 1 amide bonds. The van der Waals surface area contributed by atoms with E-state index in [2.05, 4.69) is 26.1 Å². The Morgan fingerprint density at radius 1 is 1.23 bits per heavy atom. The van der Waals surface area contributed by atoms with Crippen LogP contribution in [0.1, 0.15) is 64.8 Å². The highest BCUT2D eigenvalue weighted by molar-refractivity contribution is 7.89. The second-order valence-electron chi connectivity index (χ2n) is 9.78. The van der Waals surface area contributed by atoms with E-state index in [1.807, 2.05) is 0 Å². The number of rotatable bonds is 6. The fourth-order valence-corrected chi connectivity index (χ4v) is 7.75. The number of hydrogen-bond donors (Lipinski definition) is 2. The van der Waals surface area contributed by atoms with Crippen molar-refractivity contribution in [3.05, 3.63) is 45.8 Å². The molecule has 2 atom stereocenters. The molecule has 2 unspecified atom stereocenters. The van der Waals surface area contributed by atoms with Gasteiger partial charge in [-0.15, -0.1) is 11.3 Å². The van der Waals surface area contributed by atoms with Gasteiger partial charge in [0.05, 0.1) is 35.0 Å². The fourth-order valence-electron chi connectivity index (χ4n) is 4.87. The average molecular weight is 521 g/mol. The first-order valence-corrected chi connectivity index (χ1v) is 14.4.